The quantitative estimate of drug-likeness (QED) is 0.599. The van der Waals surface area contributed by atoms with Crippen molar-refractivity contribution >= 4 is 34.2 Å². The lowest BCUT2D eigenvalue weighted by molar-refractivity contribution is 1.46. The maximum Gasteiger partial charge on any atom is 0.0455 e. The summed E-state index contributed by atoms with van der Waals surface area (Å²) in [6, 6.07) is 13.9. The van der Waals surface area contributed by atoms with Gasteiger partial charge in [0.1, 0.15) is 0 Å². The van der Waals surface area contributed by atoms with Crippen molar-refractivity contribution in [3.05, 3.63) is 46.9 Å². The summed E-state index contributed by atoms with van der Waals surface area (Å²) in [4.78, 5) is 0.811. The zero-order valence-corrected chi connectivity index (χ0v) is 10.4. The van der Waals surface area contributed by atoms with Gasteiger partial charge in [-0.05, 0) is 29.3 Å². The average Bonchev–Trinajstić information content (AvgIpc) is 2.23. The lowest BCUT2D eigenvalue weighted by Crippen LogP contribution is -1.88. The average molecular weight is 280 g/mol. The van der Waals surface area contributed by atoms with Crippen LogP contribution in [0.1, 0.15) is 0 Å². The Morgan fingerprint density at radius 3 is 2.47 bits per heavy atom. The van der Waals surface area contributed by atoms with Gasteiger partial charge in [-0.25, -0.2) is 0 Å². The minimum Gasteiger partial charge on any atom is -0.398 e. The lowest BCUT2D eigenvalue weighted by atomic mass is 10.1. The number of hydrogen-bond donors (Lipinski definition) is 2. The molecule has 3 heteroatoms. The van der Waals surface area contributed by atoms with Gasteiger partial charge in [0.2, 0.25) is 0 Å². The van der Waals surface area contributed by atoms with Crippen molar-refractivity contribution in [2.45, 2.75) is 4.90 Å². The maximum absolute atomic E-state index is 5.82. The first-order chi connectivity index (χ1) is 7.18. The Morgan fingerprint density at radius 2 is 1.80 bits per heavy atom. The number of halogens is 1. The summed E-state index contributed by atoms with van der Waals surface area (Å²) in [6.07, 6.45) is 0. The van der Waals surface area contributed by atoms with E-state index in [1.807, 2.05) is 36.4 Å². The molecule has 0 aromatic heterocycles. The Morgan fingerprint density at radius 1 is 1.07 bits per heavy atom. The predicted octanol–water partition coefficient (Wildman–Crippen LogP) is 3.99. The Labute approximate surface area is 103 Å². The SMILES string of the molecule is Nc1cc(-c2ccccc2Br)ccc1S. The van der Waals surface area contributed by atoms with Crippen molar-refractivity contribution in [2.75, 3.05) is 5.73 Å². The van der Waals surface area contributed by atoms with E-state index in [1.165, 1.54) is 0 Å². The summed E-state index contributed by atoms with van der Waals surface area (Å²) in [5, 5.41) is 0. The Kier molecular flexibility index (Phi) is 3.03. The normalized spacial score (nSPS) is 10.3. The van der Waals surface area contributed by atoms with Crippen LogP contribution in [0.2, 0.25) is 0 Å². The molecule has 0 aliphatic rings. The van der Waals surface area contributed by atoms with Gasteiger partial charge in [0.25, 0.3) is 0 Å². The number of nitrogen functional groups attached to an aromatic ring is 1. The Balaban J connectivity index is 2.55. The molecule has 2 aromatic rings. The van der Waals surface area contributed by atoms with Crippen LogP contribution in [0.5, 0.6) is 0 Å². The smallest absolute Gasteiger partial charge is 0.0455 e. The van der Waals surface area contributed by atoms with E-state index in [0.29, 0.717) is 5.69 Å². The summed E-state index contributed by atoms with van der Waals surface area (Å²) >= 11 is 7.76. The van der Waals surface area contributed by atoms with Crippen molar-refractivity contribution in [2.24, 2.45) is 0 Å². The van der Waals surface area contributed by atoms with Crippen LogP contribution in [0.3, 0.4) is 0 Å². The fraction of sp³-hybridized carbons (Fsp3) is 0. The van der Waals surface area contributed by atoms with Crippen molar-refractivity contribution in [3.63, 3.8) is 0 Å². The van der Waals surface area contributed by atoms with Crippen LogP contribution in [0.25, 0.3) is 11.1 Å². The molecule has 0 saturated heterocycles. The molecule has 0 spiro atoms. The van der Waals surface area contributed by atoms with E-state index in [0.717, 1.165) is 20.5 Å². The summed E-state index contributed by atoms with van der Waals surface area (Å²) in [6.45, 7) is 0. The highest BCUT2D eigenvalue weighted by Gasteiger charge is 2.03. The molecule has 0 atom stereocenters. The zero-order valence-electron chi connectivity index (χ0n) is 7.94. The van der Waals surface area contributed by atoms with Crippen molar-refractivity contribution in [3.8, 4) is 11.1 Å². The first-order valence-electron chi connectivity index (χ1n) is 4.52. The van der Waals surface area contributed by atoms with Gasteiger partial charge < -0.3 is 5.73 Å². The largest absolute Gasteiger partial charge is 0.398 e. The highest BCUT2D eigenvalue weighted by Crippen LogP contribution is 2.30. The first kappa shape index (κ1) is 10.6. The number of benzene rings is 2. The van der Waals surface area contributed by atoms with Crippen LogP contribution in [0, 0.1) is 0 Å². The van der Waals surface area contributed by atoms with Crippen molar-refractivity contribution in [1.82, 2.24) is 0 Å². The van der Waals surface area contributed by atoms with Crippen LogP contribution in [0.4, 0.5) is 5.69 Å². The fourth-order valence-electron chi connectivity index (χ4n) is 1.42. The van der Waals surface area contributed by atoms with Crippen LogP contribution >= 0.6 is 28.6 Å². The van der Waals surface area contributed by atoms with Crippen molar-refractivity contribution < 1.29 is 0 Å². The molecule has 0 amide bonds. The second-order valence-electron chi connectivity index (χ2n) is 3.25. The molecule has 0 saturated carbocycles. The number of nitrogens with two attached hydrogens (primary N) is 1. The standard InChI is InChI=1S/C12H10BrNS/c13-10-4-2-1-3-9(10)8-5-6-12(15)11(14)7-8/h1-7,15H,14H2. The number of thiol groups is 1. The summed E-state index contributed by atoms with van der Waals surface area (Å²) < 4.78 is 1.07. The molecular weight excluding hydrogens is 270 g/mol. The summed E-state index contributed by atoms with van der Waals surface area (Å²) in [5.41, 5.74) is 8.75. The Hall–Kier alpha value is -0.930. The number of anilines is 1. The van der Waals surface area contributed by atoms with E-state index in [9.17, 15) is 0 Å². The second-order valence-corrected chi connectivity index (χ2v) is 4.59. The van der Waals surface area contributed by atoms with Gasteiger partial charge in [0.05, 0.1) is 0 Å². The fourth-order valence-corrected chi connectivity index (χ4v) is 2.07. The van der Waals surface area contributed by atoms with Gasteiger partial charge in [0.15, 0.2) is 0 Å². The molecule has 0 unspecified atom stereocenters. The van der Waals surface area contributed by atoms with Crippen LogP contribution in [0.15, 0.2) is 51.8 Å². The molecule has 0 radical (unpaired) electrons. The molecule has 76 valence electrons. The molecule has 0 heterocycles. The van der Waals surface area contributed by atoms with E-state index in [2.05, 4.69) is 34.6 Å². The molecule has 2 N–H and O–H groups in total. The van der Waals surface area contributed by atoms with E-state index in [-0.39, 0.29) is 0 Å². The minimum atomic E-state index is 0.701. The lowest BCUT2D eigenvalue weighted by Gasteiger charge is -2.06. The predicted molar refractivity (Wildman–Crippen MR) is 71.2 cm³/mol. The van der Waals surface area contributed by atoms with Gasteiger partial charge in [-0.2, -0.15) is 0 Å². The van der Waals surface area contributed by atoms with E-state index in [4.69, 9.17) is 5.73 Å². The zero-order chi connectivity index (χ0) is 10.8. The van der Waals surface area contributed by atoms with Crippen LogP contribution < -0.4 is 5.73 Å². The number of rotatable bonds is 1. The summed E-state index contributed by atoms with van der Waals surface area (Å²) in [7, 11) is 0. The van der Waals surface area contributed by atoms with Gasteiger partial charge in [-0.3, -0.25) is 0 Å². The topological polar surface area (TPSA) is 26.0 Å². The minimum absolute atomic E-state index is 0.701. The third kappa shape index (κ3) is 2.19. The van der Waals surface area contributed by atoms with Gasteiger partial charge in [-0.1, -0.05) is 40.2 Å². The molecule has 2 aromatic carbocycles. The third-order valence-corrected chi connectivity index (χ3v) is 3.31. The van der Waals surface area contributed by atoms with Gasteiger partial charge >= 0.3 is 0 Å². The van der Waals surface area contributed by atoms with E-state index >= 15 is 0 Å². The molecule has 0 aliphatic heterocycles. The molecule has 0 fully saturated rings. The molecular formula is C12H10BrNS. The monoisotopic (exact) mass is 279 g/mol. The summed E-state index contributed by atoms with van der Waals surface area (Å²) in [5.74, 6) is 0. The maximum atomic E-state index is 5.82. The molecule has 15 heavy (non-hydrogen) atoms. The molecule has 0 bridgehead atoms. The molecule has 0 aliphatic carbocycles. The Bertz CT molecular complexity index is 497. The van der Waals surface area contributed by atoms with E-state index in [1.54, 1.807) is 0 Å². The van der Waals surface area contributed by atoms with E-state index < -0.39 is 0 Å². The van der Waals surface area contributed by atoms with Crippen molar-refractivity contribution in [1.29, 1.82) is 0 Å². The van der Waals surface area contributed by atoms with Gasteiger partial charge in [0, 0.05) is 15.1 Å². The highest BCUT2D eigenvalue weighted by molar-refractivity contribution is 9.10. The molecule has 2 rings (SSSR count). The molecule has 1 nitrogen and oxygen atoms in total. The number of hydrogen-bond acceptors (Lipinski definition) is 2. The van der Waals surface area contributed by atoms with Crippen LogP contribution in [-0.4, -0.2) is 0 Å². The second kappa shape index (κ2) is 4.29. The van der Waals surface area contributed by atoms with Gasteiger partial charge in [-0.15, -0.1) is 12.6 Å². The van der Waals surface area contributed by atoms with Crippen LogP contribution in [-0.2, 0) is 0 Å². The third-order valence-electron chi connectivity index (χ3n) is 2.21. The first-order valence-corrected chi connectivity index (χ1v) is 5.76. The highest BCUT2D eigenvalue weighted by atomic mass is 79.9.